The first-order chi connectivity index (χ1) is 8.74. The van der Waals surface area contributed by atoms with Crippen molar-refractivity contribution in [2.75, 3.05) is 13.2 Å². The van der Waals surface area contributed by atoms with Crippen molar-refractivity contribution in [3.8, 4) is 0 Å². The first-order valence-corrected chi connectivity index (χ1v) is 6.33. The Labute approximate surface area is 114 Å². The molecule has 0 N–H and O–H groups in total. The highest BCUT2D eigenvalue weighted by Crippen LogP contribution is 2.06. The number of thiocarbonyl (C=S) groups is 1. The Morgan fingerprint density at radius 3 is 2.72 bits per heavy atom. The standard InChI is InChI=1S/C15H18O2S/c1-3-16-11-9-13(2)10-12-17-15(18)14-7-5-4-6-8-14/h4-9,11H,2-3,10,12H2,1H3/b11-9+. The van der Waals surface area contributed by atoms with Crippen LogP contribution in [0, 0.1) is 0 Å². The fraction of sp³-hybridized carbons (Fsp3) is 0.267. The predicted octanol–water partition coefficient (Wildman–Crippen LogP) is 3.88. The van der Waals surface area contributed by atoms with Gasteiger partial charge in [-0.1, -0.05) is 36.9 Å². The Kier molecular flexibility index (Phi) is 6.81. The molecule has 1 rings (SSSR count). The summed E-state index contributed by atoms with van der Waals surface area (Å²) in [6, 6.07) is 9.70. The van der Waals surface area contributed by atoms with Crippen molar-refractivity contribution in [2.24, 2.45) is 0 Å². The zero-order valence-electron chi connectivity index (χ0n) is 10.6. The summed E-state index contributed by atoms with van der Waals surface area (Å²) in [6.45, 7) is 7.04. The van der Waals surface area contributed by atoms with Crippen molar-refractivity contribution in [1.29, 1.82) is 0 Å². The van der Waals surface area contributed by atoms with E-state index in [0.29, 0.717) is 18.3 Å². The van der Waals surface area contributed by atoms with Crippen molar-refractivity contribution in [3.05, 3.63) is 60.4 Å². The molecule has 0 bridgehead atoms. The Morgan fingerprint density at radius 1 is 1.33 bits per heavy atom. The zero-order chi connectivity index (χ0) is 13.2. The number of ether oxygens (including phenoxy) is 2. The lowest BCUT2D eigenvalue weighted by Gasteiger charge is -2.07. The van der Waals surface area contributed by atoms with Gasteiger partial charge >= 0.3 is 0 Å². The Morgan fingerprint density at radius 2 is 2.06 bits per heavy atom. The molecule has 18 heavy (non-hydrogen) atoms. The first kappa shape index (κ1) is 14.5. The topological polar surface area (TPSA) is 18.5 Å². The van der Waals surface area contributed by atoms with Crippen molar-refractivity contribution >= 4 is 17.3 Å². The Hall–Kier alpha value is -1.61. The molecule has 0 atom stereocenters. The summed E-state index contributed by atoms with van der Waals surface area (Å²) in [5.74, 6) is 0. The lowest BCUT2D eigenvalue weighted by Crippen LogP contribution is -2.05. The second kappa shape index (κ2) is 8.48. The first-order valence-electron chi connectivity index (χ1n) is 5.92. The molecule has 96 valence electrons. The molecule has 0 heterocycles. The van der Waals surface area contributed by atoms with Gasteiger partial charge in [0.1, 0.15) is 0 Å². The number of rotatable bonds is 7. The molecule has 0 unspecified atom stereocenters. The fourth-order valence-corrected chi connectivity index (χ4v) is 1.48. The minimum absolute atomic E-state index is 0.525. The van der Waals surface area contributed by atoms with E-state index in [1.807, 2.05) is 43.3 Å². The van der Waals surface area contributed by atoms with E-state index < -0.39 is 0 Å². The molecule has 0 saturated carbocycles. The largest absolute Gasteiger partial charge is 0.501 e. The van der Waals surface area contributed by atoms with Gasteiger partial charge in [0.2, 0.25) is 0 Å². The Bertz CT molecular complexity index is 410. The Balaban J connectivity index is 2.26. The molecule has 0 saturated heterocycles. The fourth-order valence-electron chi connectivity index (χ4n) is 1.26. The van der Waals surface area contributed by atoms with Crippen LogP contribution in [0.5, 0.6) is 0 Å². The second-order valence-corrected chi connectivity index (χ2v) is 4.04. The normalized spacial score (nSPS) is 10.3. The number of hydrogen-bond donors (Lipinski definition) is 0. The van der Waals surface area contributed by atoms with Gasteiger partial charge in [-0.3, -0.25) is 0 Å². The predicted molar refractivity (Wildman–Crippen MR) is 78.6 cm³/mol. The van der Waals surface area contributed by atoms with E-state index in [1.165, 1.54) is 0 Å². The number of allylic oxidation sites excluding steroid dienone is 1. The molecule has 0 radical (unpaired) electrons. The summed E-state index contributed by atoms with van der Waals surface area (Å²) >= 11 is 5.18. The lowest BCUT2D eigenvalue weighted by atomic mass is 10.2. The van der Waals surface area contributed by atoms with Crippen LogP contribution in [0.15, 0.2) is 54.8 Å². The van der Waals surface area contributed by atoms with Crippen molar-refractivity contribution in [2.45, 2.75) is 13.3 Å². The average Bonchev–Trinajstić information content (AvgIpc) is 2.40. The smallest absolute Gasteiger partial charge is 0.191 e. The third-order valence-electron chi connectivity index (χ3n) is 2.23. The summed E-state index contributed by atoms with van der Waals surface area (Å²) < 4.78 is 10.6. The monoisotopic (exact) mass is 262 g/mol. The number of hydrogen-bond acceptors (Lipinski definition) is 3. The van der Waals surface area contributed by atoms with Gasteiger partial charge in [0.05, 0.1) is 19.5 Å². The number of benzene rings is 1. The van der Waals surface area contributed by atoms with Crippen LogP contribution in [0.25, 0.3) is 0 Å². The maximum atomic E-state index is 5.50. The van der Waals surface area contributed by atoms with E-state index in [9.17, 15) is 0 Å². The van der Waals surface area contributed by atoms with E-state index in [4.69, 9.17) is 21.7 Å². The minimum atomic E-state index is 0.525. The van der Waals surface area contributed by atoms with E-state index in [1.54, 1.807) is 6.26 Å². The molecule has 1 aromatic rings. The van der Waals surface area contributed by atoms with Crippen LogP contribution in [0.2, 0.25) is 0 Å². The second-order valence-electron chi connectivity index (χ2n) is 3.67. The van der Waals surface area contributed by atoms with Crippen LogP contribution < -0.4 is 0 Å². The summed E-state index contributed by atoms with van der Waals surface area (Å²) in [5, 5.41) is 0.525. The minimum Gasteiger partial charge on any atom is -0.501 e. The summed E-state index contributed by atoms with van der Waals surface area (Å²) in [7, 11) is 0. The average molecular weight is 262 g/mol. The molecule has 1 aromatic carbocycles. The molecule has 0 fully saturated rings. The van der Waals surface area contributed by atoms with E-state index in [-0.39, 0.29) is 0 Å². The van der Waals surface area contributed by atoms with Gasteiger partial charge in [0.25, 0.3) is 0 Å². The van der Waals surface area contributed by atoms with Gasteiger partial charge in [0, 0.05) is 12.0 Å². The van der Waals surface area contributed by atoms with Crippen LogP contribution in [0.1, 0.15) is 18.9 Å². The van der Waals surface area contributed by atoms with Gasteiger partial charge in [-0.15, -0.1) is 0 Å². The van der Waals surface area contributed by atoms with Gasteiger partial charge in [-0.25, -0.2) is 0 Å². The van der Waals surface area contributed by atoms with E-state index in [0.717, 1.165) is 17.6 Å². The maximum absolute atomic E-state index is 5.50. The zero-order valence-corrected chi connectivity index (χ0v) is 11.4. The highest BCUT2D eigenvalue weighted by molar-refractivity contribution is 7.80. The molecule has 3 heteroatoms. The molecular weight excluding hydrogens is 244 g/mol. The molecule has 0 aromatic heterocycles. The molecule has 0 aliphatic heterocycles. The van der Waals surface area contributed by atoms with Crippen LogP contribution in [-0.4, -0.2) is 18.3 Å². The third kappa shape index (κ3) is 5.64. The van der Waals surface area contributed by atoms with Crippen molar-refractivity contribution in [1.82, 2.24) is 0 Å². The van der Waals surface area contributed by atoms with Crippen LogP contribution >= 0.6 is 12.2 Å². The molecule has 2 nitrogen and oxygen atoms in total. The highest BCUT2D eigenvalue weighted by atomic mass is 32.1. The molecular formula is C15H18O2S. The summed E-state index contributed by atoms with van der Waals surface area (Å²) in [5.41, 5.74) is 1.89. The quantitative estimate of drug-likeness (QED) is 0.422. The lowest BCUT2D eigenvalue weighted by molar-refractivity contribution is 0.268. The maximum Gasteiger partial charge on any atom is 0.191 e. The van der Waals surface area contributed by atoms with Crippen LogP contribution in [0.4, 0.5) is 0 Å². The van der Waals surface area contributed by atoms with Crippen molar-refractivity contribution < 1.29 is 9.47 Å². The molecule has 0 spiro atoms. The van der Waals surface area contributed by atoms with Gasteiger partial charge in [-0.05, 0) is 30.8 Å². The summed E-state index contributed by atoms with van der Waals surface area (Å²) in [6.07, 6.45) is 4.23. The van der Waals surface area contributed by atoms with Gasteiger partial charge in [-0.2, -0.15) is 0 Å². The highest BCUT2D eigenvalue weighted by Gasteiger charge is 2.00. The van der Waals surface area contributed by atoms with Crippen LogP contribution in [-0.2, 0) is 9.47 Å². The van der Waals surface area contributed by atoms with Crippen molar-refractivity contribution in [3.63, 3.8) is 0 Å². The van der Waals surface area contributed by atoms with Gasteiger partial charge < -0.3 is 9.47 Å². The van der Waals surface area contributed by atoms with E-state index >= 15 is 0 Å². The SMILES string of the molecule is C=C(/C=C/OCC)CCOC(=S)c1ccccc1. The van der Waals surface area contributed by atoms with Gasteiger partial charge in [0.15, 0.2) is 5.05 Å². The third-order valence-corrected chi connectivity index (χ3v) is 2.59. The molecule has 0 aliphatic carbocycles. The molecule has 0 aliphatic rings. The van der Waals surface area contributed by atoms with E-state index in [2.05, 4.69) is 6.58 Å². The van der Waals surface area contributed by atoms with Crippen LogP contribution in [0.3, 0.4) is 0 Å². The summed E-state index contributed by atoms with van der Waals surface area (Å²) in [4.78, 5) is 0. The molecule has 0 amide bonds.